The molecule has 0 spiro atoms. The zero-order valence-electron chi connectivity index (χ0n) is 11.0. The molecule has 0 saturated carbocycles. The van der Waals surface area contributed by atoms with Gasteiger partial charge in [0.1, 0.15) is 0 Å². The molecule has 0 aromatic carbocycles. The van der Waals surface area contributed by atoms with Gasteiger partial charge in [-0.15, -0.1) is 0 Å². The van der Waals surface area contributed by atoms with E-state index in [1.54, 1.807) is 0 Å². The zero-order valence-corrected chi connectivity index (χ0v) is 11.0. The van der Waals surface area contributed by atoms with E-state index >= 15 is 0 Å². The van der Waals surface area contributed by atoms with Crippen LogP contribution in [0.5, 0.6) is 0 Å². The average molecular weight is 223 g/mol. The molecule has 0 fully saturated rings. The van der Waals surface area contributed by atoms with Gasteiger partial charge in [-0.3, -0.25) is 4.68 Å². The van der Waals surface area contributed by atoms with E-state index in [0.717, 1.165) is 25.8 Å². The Hall–Kier alpha value is -0.830. The van der Waals surface area contributed by atoms with E-state index in [1.165, 1.54) is 5.69 Å². The van der Waals surface area contributed by atoms with Crippen LogP contribution in [-0.2, 0) is 6.42 Å². The summed E-state index contributed by atoms with van der Waals surface area (Å²) in [6.07, 6.45) is 5.30. The van der Waals surface area contributed by atoms with Crippen LogP contribution in [0.15, 0.2) is 12.3 Å². The lowest BCUT2D eigenvalue weighted by Gasteiger charge is -2.29. The van der Waals surface area contributed by atoms with Crippen molar-refractivity contribution in [2.45, 2.75) is 53.0 Å². The fourth-order valence-corrected chi connectivity index (χ4v) is 2.00. The number of aromatic nitrogens is 2. The van der Waals surface area contributed by atoms with Crippen molar-refractivity contribution in [2.24, 2.45) is 11.1 Å². The molecule has 0 amide bonds. The minimum atomic E-state index is 0.232. The molecule has 1 aromatic rings. The third-order valence-corrected chi connectivity index (χ3v) is 3.68. The lowest BCUT2D eigenvalue weighted by atomic mass is 9.78. The topological polar surface area (TPSA) is 43.8 Å². The highest BCUT2D eigenvalue weighted by molar-refractivity contribution is 5.04. The van der Waals surface area contributed by atoms with Gasteiger partial charge in [0.05, 0.1) is 5.69 Å². The van der Waals surface area contributed by atoms with E-state index in [-0.39, 0.29) is 5.41 Å². The van der Waals surface area contributed by atoms with Crippen molar-refractivity contribution in [3.05, 3.63) is 18.0 Å². The standard InChI is InChI=1S/C13H25N3/c1-5-13(6-2,10-14)9-12-7-8-16(15-12)11(3)4/h7-8,11H,5-6,9-10,14H2,1-4H3. The van der Waals surface area contributed by atoms with Crippen LogP contribution in [-0.4, -0.2) is 16.3 Å². The van der Waals surface area contributed by atoms with Gasteiger partial charge in [0.15, 0.2) is 0 Å². The molecule has 1 heterocycles. The Balaban J connectivity index is 2.77. The molecule has 1 aromatic heterocycles. The molecule has 3 nitrogen and oxygen atoms in total. The molecular weight excluding hydrogens is 198 g/mol. The predicted molar refractivity (Wildman–Crippen MR) is 68.4 cm³/mol. The first kappa shape index (κ1) is 13.2. The van der Waals surface area contributed by atoms with Gasteiger partial charge in [-0.1, -0.05) is 13.8 Å². The van der Waals surface area contributed by atoms with Gasteiger partial charge in [-0.05, 0) is 51.1 Å². The summed E-state index contributed by atoms with van der Waals surface area (Å²) in [6.45, 7) is 9.47. The Bertz CT molecular complexity index is 302. The summed E-state index contributed by atoms with van der Waals surface area (Å²) >= 11 is 0. The summed E-state index contributed by atoms with van der Waals surface area (Å²) in [7, 11) is 0. The van der Waals surface area contributed by atoms with E-state index in [1.807, 2.05) is 4.68 Å². The molecule has 0 aliphatic rings. The van der Waals surface area contributed by atoms with Gasteiger partial charge in [-0.2, -0.15) is 5.10 Å². The largest absolute Gasteiger partial charge is 0.330 e. The highest BCUT2D eigenvalue weighted by atomic mass is 15.3. The highest BCUT2D eigenvalue weighted by Crippen LogP contribution is 2.29. The number of nitrogens with two attached hydrogens (primary N) is 1. The van der Waals surface area contributed by atoms with Crippen molar-refractivity contribution in [3.8, 4) is 0 Å². The molecule has 0 aliphatic carbocycles. The lowest BCUT2D eigenvalue weighted by Crippen LogP contribution is -2.31. The van der Waals surface area contributed by atoms with E-state index in [2.05, 4.69) is 45.1 Å². The summed E-state index contributed by atoms with van der Waals surface area (Å²) in [5.41, 5.74) is 7.31. The highest BCUT2D eigenvalue weighted by Gasteiger charge is 2.25. The SMILES string of the molecule is CCC(CC)(CN)Cc1ccn(C(C)C)n1. The van der Waals surface area contributed by atoms with Crippen LogP contribution in [0.4, 0.5) is 0 Å². The molecule has 92 valence electrons. The maximum Gasteiger partial charge on any atom is 0.0630 e. The number of hydrogen-bond donors (Lipinski definition) is 1. The molecule has 3 heteroatoms. The van der Waals surface area contributed by atoms with Crippen molar-refractivity contribution in [1.29, 1.82) is 0 Å². The lowest BCUT2D eigenvalue weighted by molar-refractivity contribution is 0.267. The van der Waals surface area contributed by atoms with Crippen molar-refractivity contribution in [1.82, 2.24) is 9.78 Å². The molecule has 0 saturated heterocycles. The van der Waals surface area contributed by atoms with Gasteiger partial charge in [0.25, 0.3) is 0 Å². The molecule has 16 heavy (non-hydrogen) atoms. The van der Waals surface area contributed by atoms with Crippen LogP contribution in [0, 0.1) is 5.41 Å². The van der Waals surface area contributed by atoms with Crippen molar-refractivity contribution < 1.29 is 0 Å². The van der Waals surface area contributed by atoms with E-state index < -0.39 is 0 Å². The molecule has 0 unspecified atom stereocenters. The molecule has 0 radical (unpaired) electrons. The third kappa shape index (κ3) is 2.85. The monoisotopic (exact) mass is 223 g/mol. The Labute approximate surface area is 99.0 Å². The van der Waals surface area contributed by atoms with Crippen molar-refractivity contribution in [2.75, 3.05) is 6.54 Å². The maximum atomic E-state index is 5.91. The van der Waals surface area contributed by atoms with E-state index in [4.69, 9.17) is 5.73 Å². The zero-order chi connectivity index (χ0) is 12.2. The van der Waals surface area contributed by atoms with Crippen LogP contribution < -0.4 is 5.73 Å². The average Bonchev–Trinajstić information content (AvgIpc) is 2.74. The van der Waals surface area contributed by atoms with Gasteiger partial charge in [-0.25, -0.2) is 0 Å². The fraction of sp³-hybridized carbons (Fsp3) is 0.769. The summed E-state index contributed by atoms with van der Waals surface area (Å²) < 4.78 is 2.02. The molecule has 1 rings (SSSR count). The minimum Gasteiger partial charge on any atom is -0.330 e. The van der Waals surface area contributed by atoms with Gasteiger partial charge >= 0.3 is 0 Å². The van der Waals surface area contributed by atoms with Crippen molar-refractivity contribution >= 4 is 0 Å². The molecule has 0 atom stereocenters. The Morgan fingerprint density at radius 3 is 2.38 bits per heavy atom. The van der Waals surface area contributed by atoms with Crippen LogP contribution in [0.1, 0.15) is 52.3 Å². The number of hydrogen-bond acceptors (Lipinski definition) is 2. The van der Waals surface area contributed by atoms with Gasteiger partial charge in [0.2, 0.25) is 0 Å². The van der Waals surface area contributed by atoms with Crippen LogP contribution in [0.3, 0.4) is 0 Å². The fourth-order valence-electron chi connectivity index (χ4n) is 2.00. The first-order chi connectivity index (χ1) is 7.56. The summed E-state index contributed by atoms with van der Waals surface area (Å²) in [4.78, 5) is 0. The summed E-state index contributed by atoms with van der Waals surface area (Å²) in [5.74, 6) is 0. The minimum absolute atomic E-state index is 0.232. The second-order valence-corrected chi connectivity index (χ2v) is 4.97. The van der Waals surface area contributed by atoms with Gasteiger partial charge in [0, 0.05) is 12.2 Å². The summed E-state index contributed by atoms with van der Waals surface area (Å²) in [5, 5.41) is 4.60. The predicted octanol–water partition coefficient (Wildman–Crippen LogP) is 2.77. The maximum absolute atomic E-state index is 5.91. The van der Waals surface area contributed by atoms with Gasteiger partial charge < -0.3 is 5.73 Å². The van der Waals surface area contributed by atoms with Crippen LogP contribution in [0.25, 0.3) is 0 Å². The number of nitrogens with zero attached hydrogens (tertiary/aromatic N) is 2. The normalized spacial score (nSPS) is 12.4. The Kier molecular flexibility index (Phi) is 4.54. The first-order valence-electron chi connectivity index (χ1n) is 6.31. The number of rotatable bonds is 6. The smallest absolute Gasteiger partial charge is 0.0630 e. The quantitative estimate of drug-likeness (QED) is 0.806. The third-order valence-electron chi connectivity index (χ3n) is 3.68. The summed E-state index contributed by atoms with van der Waals surface area (Å²) in [6, 6.07) is 2.56. The molecule has 2 N–H and O–H groups in total. The van der Waals surface area contributed by atoms with Crippen LogP contribution >= 0.6 is 0 Å². The first-order valence-corrected chi connectivity index (χ1v) is 6.31. The molecular formula is C13H25N3. The Morgan fingerprint density at radius 1 is 1.38 bits per heavy atom. The second kappa shape index (κ2) is 5.48. The van der Waals surface area contributed by atoms with E-state index in [9.17, 15) is 0 Å². The Morgan fingerprint density at radius 2 is 2.00 bits per heavy atom. The van der Waals surface area contributed by atoms with Crippen LogP contribution in [0.2, 0.25) is 0 Å². The van der Waals surface area contributed by atoms with E-state index in [0.29, 0.717) is 6.04 Å². The molecule has 0 aliphatic heterocycles. The van der Waals surface area contributed by atoms with Crippen molar-refractivity contribution in [3.63, 3.8) is 0 Å². The second-order valence-electron chi connectivity index (χ2n) is 4.97. The molecule has 0 bridgehead atoms.